The molecule has 0 spiro atoms. The predicted octanol–water partition coefficient (Wildman–Crippen LogP) is 2.78. The van der Waals surface area contributed by atoms with Gasteiger partial charge < -0.3 is 5.32 Å². The van der Waals surface area contributed by atoms with Crippen LogP contribution in [0.15, 0.2) is 54.3 Å². The Balaban J connectivity index is 1.66. The van der Waals surface area contributed by atoms with Crippen molar-refractivity contribution in [3.8, 4) is 10.7 Å². The fourth-order valence-electron chi connectivity index (χ4n) is 1.80. The van der Waals surface area contributed by atoms with Gasteiger partial charge in [-0.3, -0.25) is 14.8 Å². The average Bonchev–Trinajstić information content (AvgIpc) is 2.97. The molecule has 0 saturated carbocycles. The molecule has 0 unspecified atom stereocenters. The molecule has 1 amide bonds. The Kier molecular flexibility index (Phi) is 3.97. The topological polar surface area (TPSA) is 67.8 Å². The summed E-state index contributed by atoms with van der Waals surface area (Å²) in [6, 6.07) is 9.18. The van der Waals surface area contributed by atoms with Gasteiger partial charge in [0.05, 0.1) is 17.8 Å². The van der Waals surface area contributed by atoms with E-state index < -0.39 is 0 Å². The first kappa shape index (κ1) is 13.4. The molecule has 5 nitrogen and oxygen atoms in total. The summed E-state index contributed by atoms with van der Waals surface area (Å²) >= 11 is 1.49. The molecular formula is C15H12N4OS. The van der Waals surface area contributed by atoms with Crippen molar-refractivity contribution in [2.24, 2.45) is 0 Å². The minimum Gasteiger partial charge on any atom is -0.326 e. The number of rotatable bonds is 4. The van der Waals surface area contributed by atoms with Crippen LogP contribution in [0.25, 0.3) is 10.7 Å². The van der Waals surface area contributed by atoms with Crippen LogP contribution in [0, 0.1) is 0 Å². The van der Waals surface area contributed by atoms with Gasteiger partial charge in [-0.2, -0.15) is 0 Å². The third-order valence-electron chi connectivity index (χ3n) is 2.74. The molecule has 3 heterocycles. The molecule has 0 aromatic carbocycles. The fraction of sp³-hybridized carbons (Fsp3) is 0.0667. The number of nitrogens with zero attached hydrogens (tertiary/aromatic N) is 3. The van der Waals surface area contributed by atoms with Gasteiger partial charge in [-0.05, 0) is 24.3 Å². The van der Waals surface area contributed by atoms with Gasteiger partial charge in [0.25, 0.3) is 0 Å². The molecule has 0 aliphatic carbocycles. The largest absolute Gasteiger partial charge is 0.326 e. The van der Waals surface area contributed by atoms with Gasteiger partial charge in [0, 0.05) is 29.7 Å². The molecule has 21 heavy (non-hydrogen) atoms. The van der Waals surface area contributed by atoms with Crippen LogP contribution in [-0.2, 0) is 11.2 Å². The van der Waals surface area contributed by atoms with Crippen molar-refractivity contribution in [2.45, 2.75) is 6.42 Å². The maximum Gasteiger partial charge on any atom is 0.230 e. The smallest absolute Gasteiger partial charge is 0.230 e. The molecule has 3 rings (SSSR count). The Labute approximate surface area is 125 Å². The third kappa shape index (κ3) is 3.49. The van der Waals surface area contributed by atoms with Crippen molar-refractivity contribution >= 4 is 22.9 Å². The number of hydrogen-bond acceptors (Lipinski definition) is 5. The molecule has 3 aromatic heterocycles. The highest BCUT2D eigenvalue weighted by Gasteiger charge is 2.09. The summed E-state index contributed by atoms with van der Waals surface area (Å²) in [5.74, 6) is -0.0981. The fourth-order valence-corrected chi connectivity index (χ4v) is 2.60. The quantitative estimate of drug-likeness (QED) is 0.804. The van der Waals surface area contributed by atoms with Crippen LogP contribution in [0.5, 0.6) is 0 Å². The van der Waals surface area contributed by atoms with Gasteiger partial charge in [0.2, 0.25) is 5.91 Å². The maximum absolute atomic E-state index is 11.9. The van der Waals surface area contributed by atoms with Crippen molar-refractivity contribution in [1.29, 1.82) is 0 Å². The molecule has 0 atom stereocenters. The van der Waals surface area contributed by atoms with E-state index in [0.717, 1.165) is 22.1 Å². The summed E-state index contributed by atoms with van der Waals surface area (Å²) in [5.41, 5.74) is 2.30. The summed E-state index contributed by atoms with van der Waals surface area (Å²) < 4.78 is 0. The number of nitrogens with one attached hydrogen (secondary N) is 1. The number of aromatic nitrogens is 3. The van der Waals surface area contributed by atoms with Crippen molar-refractivity contribution in [3.05, 3.63) is 60.0 Å². The third-order valence-corrected chi connectivity index (χ3v) is 3.66. The van der Waals surface area contributed by atoms with E-state index in [1.807, 2.05) is 23.6 Å². The van der Waals surface area contributed by atoms with Crippen molar-refractivity contribution in [2.75, 3.05) is 5.32 Å². The first-order valence-electron chi connectivity index (χ1n) is 6.37. The Morgan fingerprint density at radius 3 is 2.76 bits per heavy atom. The lowest BCUT2D eigenvalue weighted by molar-refractivity contribution is -0.115. The normalized spacial score (nSPS) is 10.3. The van der Waals surface area contributed by atoms with Crippen LogP contribution in [0.1, 0.15) is 5.69 Å². The van der Waals surface area contributed by atoms with Crippen molar-refractivity contribution in [3.63, 3.8) is 0 Å². The molecule has 6 heteroatoms. The summed E-state index contributed by atoms with van der Waals surface area (Å²) in [7, 11) is 0. The number of thiazole rings is 1. The highest BCUT2D eigenvalue weighted by Crippen LogP contribution is 2.21. The van der Waals surface area contributed by atoms with Gasteiger partial charge in [0.15, 0.2) is 0 Å². The van der Waals surface area contributed by atoms with Crippen molar-refractivity contribution in [1.82, 2.24) is 15.0 Å². The zero-order valence-corrected chi connectivity index (χ0v) is 11.9. The molecular weight excluding hydrogens is 284 g/mol. The number of anilines is 1. The lowest BCUT2D eigenvalue weighted by Gasteiger charge is -2.02. The second kappa shape index (κ2) is 6.23. The van der Waals surface area contributed by atoms with E-state index in [9.17, 15) is 4.79 Å². The standard InChI is InChI=1S/C15H12N4OS/c20-14(18-11-4-7-16-8-5-11)9-12-10-21-15(19-12)13-3-1-2-6-17-13/h1-8,10H,9H2,(H,16,18,20). The number of carbonyl (C=O) groups is 1. The average molecular weight is 296 g/mol. The lowest BCUT2D eigenvalue weighted by Crippen LogP contribution is -2.14. The molecule has 0 fully saturated rings. The van der Waals surface area contributed by atoms with Crippen LogP contribution in [-0.4, -0.2) is 20.9 Å². The number of hydrogen-bond donors (Lipinski definition) is 1. The maximum atomic E-state index is 11.9. The molecule has 3 aromatic rings. The van der Waals surface area contributed by atoms with E-state index >= 15 is 0 Å². The Hall–Kier alpha value is -2.60. The van der Waals surface area contributed by atoms with Gasteiger partial charge in [-0.15, -0.1) is 11.3 Å². The summed E-state index contributed by atoms with van der Waals surface area (Å²) in [4.78, 5) is 24.5. The molecule has 0 saturated heterocycles. The van der Waals surface area contributed by atoms with Gasteiger partial charge >= 0.3 is 0 Å². The number of carbonyl (C=O) groups excluding carboxylic acids is 1. The zero-order valence-electron chi connectivity index (χ0n) is 11.1. The van der Waals surface area contributed by atoms with Crippen LogP contribution >= 0.6 is 11.3 Å². The minimum absolute atomic E-state index is 0.0981. The Morgan fingerprint density at radius 1 is 1.14 bits per heavy atom. The van der Waals surface area contributed by atoms with Crippen LogP contribution in [0.4, 0.5) is 5.69 Å². The zero-order chi connectivity index (χ0) is 14.5. The second-order valence-electron chi connectivity index (χ2n) is 4.32. The van der Waals surface area contributed by atoms with Crippen LogP contribution in [0.3, 0.4) is 0 Å². The van der Waals surface area contributed by atoms with E-state index in [1.54, 1.807) is 30.7 Å². The Bertz CT molecular complexity index is 728. The molecule has 104 valence electrons. The summed E-state index contributed by atoms with van der Waals surface area (Å²) in [6.45, 7) is 0. The van der Waals surface area contributed by atoms with E-state index in [4.69, 9.17) is 0 Å². The minimum atomic E-state index is -0.0981. The molecule has 1 N–H and O–H groups in total. The number of amides is 1. The first-order valence-corrected chi connectivity index (χ1v) is 7.25. The molecule has 0 radical (unpaired) electrons. The predicted molar refractivity (Wildman–Crippen MR) is 81.9 cm³/mol. The highest BCUT2D eigenvalue weighted by molar-refractivity contribution is 7.13. The van der Waals surface area contributed by atoms with Crippen molar-refractivity contribution < 1.29 is 4.79 Å². The second-order valence-corrected chi connectivity index (χ2v) is 5.18. The summed E-state index contributed by atoms with van der Waals surface area (Å²) in [6.07, 6.45) is 5.24. The molecule has 0 aliphatic rings. The van der Waals surface area contributed by atoms with E-state index in [0.29, 0.717) is 0 Å². The number of pyridine rings is 2. The molecule has 0 aliphatic heterocycles. The van der Waals surface area contributed by atoms with E-state index in [1.165, 1.54) is 11.3 Å². The SMILES string of the molecule is O=C(Cc1csc(-c2ccccn2)n1)Nc1ccncc1. The van der Waals surface area contributed by atoms with E-state index in [-0.39, 0.29) is 12.3 Å². The monoisotopic (exact) mass is 296 g/mol. The van der Waals surface area contributed by atoms with E-state index in [2.05, 4.69) is 20.3 Å². The lowest BCUT2D eigenvalue weighted by atomic mass is 10.3. The van der Waals surface area contributed by atoms with Gasteiger partial charge in [-0.1, -0.05) is 6.07 Å². The summed E-state index contributed by atoms with van der Waals surface area (Å²) in [5, 5.41) is 5.52. The van der Waals surface area contributed by atoms with Gasteiger partial charge in [0.1, 0.15) is 5.01 Å². The van der Waals surface area contributed by atoms with Crippen LogP contribution in [0.2, 0.25) is 0 Å². The Morgan fingerprint density at radius 2 is 2.00 bits per heavy atom. The highest BCUT2D eigenvalue weighted by atomic mass is 32.1. The first-order chi connectivity index (χ1) is 10.3. The molecule has 0 bridgehead atoms. The van der Waals surface area contributed by atoms with Gasteiger partial charge in [-0.25, -0.2) is 4.98 Å². The van der Waals surface area contributed by atoms with Crippen LogP contribution < -0.4 is 5.32 Å².